The van der Waals surface area contributed by atoms with E-state index < -0.39 is 20.6 Å². The number of hydrogen-bond donors (Lipinski definition) is 0. The van der Waals surface area contributed by atoms with E-state index >= 15 is 0 Å². The van der Waals surface area contributed by atoms with Crippen molar-refractivity contribution in [2.45, 2.75) is 18.2 Å². The molecule has 1 aliphatic heterocycles. The van der Waals surface area contributed by atoms with Gasteiger partial charge in [-0.25, -0.2) is 12.8 Å². The predicted octanol–water partition coefficient (Wildman–Crippen LogP) is 3.68. The Labute approximate surface area is 134 Å². The summed E-state index contributed by atoms with van der Waals surface area (Å²) >= 11 is 0. The Morgan fingerprint density at radius 2 is 2.00 bits per heavy atom. The maximum atomic E-state index is 13.5. The van der Waals surface area contributed by atoms with Gasteiger partial charge in [0.05, 0.1) is 10.6 Å². The molecule has 2 aromatic rings. The molecule has 0 radical (unpaired) electrons. The van der Waals surface area contributed by atoms with E-state index in [0.29, 0.717) is 5.69 Å². The molecule has 0 atom stereocenters. The highest BCUT2D eigenvalue weighted by atomic mass is 32.2. The molecule has 4 nitrogen and oxygen atoms in total. The zero-order valence-electron chi connectivity index (χ0n) is 12.3. The van der Waals surface area contributed by atoms with Crippen LogP contribution in [0.5, 0.6) is 0 Å². The van der Waals surface area contributed by atoms with Gasteiger partial charge >= 0.3 is 0 Å². The lowest BCUT2D eigenvalue weighted by molar-refractivity contribution is 0.596. The number of nitriles is 1. The van der Waals surface area contributed by atoms with Crippen LogP contribution in [-0.2, 0) is 16.3 Å². The van der Waals surface area contributed by atoms with Crippen LogP contribution in [-0.4, -0.2) is 8.42 Å². The van der Waals surface area contributed by atoms with Crippen molar-refractivity contribution in [3.63, 3.8) is 0 Å². The number of allylic oxidation sites excluding steroid dienone is 1. The summed E-state index contributed by atoms with van der Waals surface area (Å²) in [6, 6.07) is 12.8. The molecule has 0 fully saturated rings. The molecule has 23 heavy (non-hydrogen) atoms. The van der Waals surface area contributed by atoms with Crippen molar-refractivity contribution < 1.29 is 12.8 Å². The van der Waals surface area contributed by atoms with Gasteiger partial charge in [0.15, 0.2) is 4.91 Å². The molecular weight excluding hydrogens is 315 g/mol. The summed E-state index contributed by atoms with van der Waals surface area (Å²) < 4.78 is 38.3. The summed E-state index contributed by atoms with van der Waals surface area (Å²) in [4.78, 5) is 1.00. The van der Waals surface area contributed by atoms with E-state index in [4.69, 9.17) is 5.26 Å². The Hall–Kier alpha value is -2.65. The topological polar surface area (TPSA) is 61.2 Å². The van der Waals surface area contributed by atoms with Gasteiger partial charge in [0.25, 0.3) is 0 Å². The highest BCUT2D eigenvalue weighted by Gasteiger charge is 2.32. The smallest absolute Gasteiger partial charge is 0.220 e. The summed E-state index contributed by atoms with van der Waals surface area (Å²) in [7, 11) is -3.99. The Morgan fingerprint density at radius 1 is 1.22 bits per heavy atom. The second kappa shape index (κ2) is 5.52. The van der Waals surface area contributed by atoms with Crippen LogP contribution >= 0.6 is 0 Å². The first-order chi connectivity index (χ1) is 11.0. The molecule has 3 rings (SSSR count). The molecule has 116 valence electrons. The number of anilines is 2. The maximum Gasteiger partial charge on any atom is 0.220 e. The first-order valence-corrected chi connectivity index (χ1v) is 8.50. The van der Waals surface area contributed by atoms with Gasteiger partial charge in [-0.2, -0.15) is 5.26 Å². The Morgan fingerprint density at radius 3 is 2.70 bits per heavy atom. The van der Waals surface area contributed by atoms with Crippen molar-refractivity contribution in [2.75, 3.05) is 4.90 Å². The van der Waals surface area contributed by atoms with Crippen LogP contribution in [0.4, 0.5) is 15.8 Å². The average molecular weight is 328 g/mol. The third-order valence-electron chi connectivity index (χ3n) is 3.71. The number of rotatable bonds is 2. The van der Waals surface area contributed by atoms with E-state index in [9.17, 15) is 12.8 Å². The second-order valence-corrected chi connectivity index (χ2v) is 7.00. The van der Waals surface area contributed by atoms with Crippen LogP contribution in [0.15, 0.2) is 58.5 Å². The van der Waals surface area contributed by atoms with Gasteiger partial charge < -0.3 is 4.90 Å². The molecule has 1 heterocycles. The molecule has 0 N–H and O–H groups in total. The fourth-order valence-corrected chi connectivity index (χ4v) is 3.82. The molecule has 1 aliphatic rings. The lowest BCUT2D eigenvalue weighted by atomic mass is 10.1. The van der Waals surface area contributed by atoms with E-state index in [1.54, 1.807) is 11.0 Å². The molecular formula is C17H13FN2O2S. The van der Waals surface area contributed by atoms with Crippen molar-refractivity contribution in [2.24, 2.45) is 0 Å². The Kier molecular flexibility index (Phi) is 3.66. The van der Waals surface area contributed by atoms with Crippen molar-refractivity contribution >= 4 is 21.2 Å². The van der Waals surface area contributed by atoms with Gasteiger partial charge in [0, 0.05) is 11.9 Å². The zero-order valence-corrected chi connectivity index (χ0v) is 13.1. The largest absolute Gasteiger partial charge is 0.314 e. The fourth-order valence-electron chi connectivity index (χ4n) is 2.51. The van der Waals surface area contributed by atoms with Crippen LogP contribution in [0, 0.1) is 17.1 Å². The number of fused-ring (bicyclic) bond motifs is 1. The molecule has 6 heteroatoms. The fraction of sp³-hybridized carbons (Fsp3) is 0.118. The zero-order chi connectivity index (χ0) is 16.6. The quantitative estimate of drug-likeness (QED) is 0.844. The number of benzene rings is 2. The third-order valence-corrected chi connectivity index (χ3v) is 5.40. The van der Waals surface area contributed by atoms with E-state index in [1.165, 1.54) is 18.3 Å². The molecule has 0 amide bonds. The predicted molar refractivity (Wildman–Crippen MR) is 85.2 cm³/mol. The normalized spacial score (nSPS) is 15.5. The average Bonchev–Trinajstić information content (AvgIpc) is 2.55. The summed E-state index contributed by atoms with van der Waals surface area (Å²) in [5.74, 6) is -0.659. The SMILES string of the molecule is CCc1cccc(N2C=C(C#N)S(=O)(=O)c3cc(F)ccc32)c1. The van der Waals surface area contributed by atoms with Crippen molar-refractivity contribution in [1.29, 1.82) is 5.26 Å². The second-order valence-electron chi connectivity index (χ2n) is 5.11. The first-order valence-electron chi connectivity index (χ1n) is 7.02. The Bertz CT molecular complexity index is 959. The van der Waals surface area contributed by atoms with E-state index in [-0.39, 0.29) is 4.90 Å². The summed E-state index contributed by atoms with van der Waals surface area (Å²) in [5.41, 5.74) is 2.13. The van der Waals surface area contributed by atoms with Gasteiger partial charge in [-0.05, 0) is 42.3 Å². The number of halogens is 1. The van der Waals surface area contributed by atoms with E-state index in [2.05, 4.69) is 0 Å². The van der Waals surface area contributed by atoms with Crippen LogP contribution in [0.3, 0.4) is 0 Å². The highest BCUT2D eigenvalue weighted by Crippen LogP contribution is 2.39. The van der Waals surface area contributed by atoms with E-state index in [1.807, 2.05) is 31.2 Å². The van der Waals surface area contributed by atoms with Crippen LogP contribution < -0.4 is 4.90 Å². The van der Waals surface area contributed by atoms with Crippen molar-refractivity contribution in [1.82, 2.24) is 0 Å². The molecule has 0 saturated carbocycles. The van der Waals surface area contributed by atoms with Crippen LogP contribution in [0.1, 0.15) is 12.5 Å². The molecule has 0 aliphatic carbocycles. The molecule has 0 bridgehead atoms. The number of sulfone groups is 1. The summed E-state index contributed by atoms with van der Waals surface area (Å²) in [5, 5.41) is 9.17. The lowest BCUT2D eigenvalue weighted by Gasteiger charge is -2.27. The van der Waals surface area contributed by atoms with Gasteiger partial charge in [-0.1, -0.05) is 19.1 Å². The lowest BCUT2D eigenvalue weighted by Crippen LogP contribution is -2.21. The highest BCUT2D eigenvalue weighted by molar-refractivity contribution is 7.95. The van der Waals surface area contributed by atoms with Gasteiger partial charge in [0.1, 0.15) is 11.9 Å². The Balaban J connectivity index is 2.28. The van der Waals surface area contributed by atoms with Crippen LogP contribution in [0.25, 0.3) is 0 Å². The number of nitrogens with zero attached hydrogens (tertiary/aromatic N) is 2. The first kappa shape index (κ1) is 15.3. The summed E-state index contributed by atoms with van der Waals surface area (Å²) in [6.45, 7) is 2.01. The van der Waals surface area contributed by atoms with Crippen LogP contribution in [0.2, 0.25) is 0 Å². The minimum absolute atomic E-state index is 0.196. The standard InChI is InChI=1S/C17H13FN2O2S/c1-2-12-4-3-5-14(8-12)20-11-15(10-19)23(21,22)17-9-13(18)6-7-16(17)20/h3-9,11H,2H2,1H3. The molecule has 0 unspecified atom stereocenters. The van der Waals surface area contributed by atoms with Gasteiger partial charge in [0.2, 0.25) is 9.84 Å². The van der Waals surface area contributed by atoms with Crippen molar-refractivity contribution in [3.8, 4) is 6.07 Å². The van der Waals surface area contributed by atoms with Crippen molar-refractivity contribution in [3.05, 3.63) is 65.0 Å². The minimum Gasteiger partial charge on any atom is -0.314 e. The number of hydrogen-bond acceptors (Lipinski definition) is 4. The van der Waals surface area contributed by atoms with E-state index in [0.717, 1.165) is 23.7 Å². The van der Waals surface area contributed by atoms with Gasteiger partial charge in [-0.15, -0.1) is 0 Å². The molecule has 0 aromatic heterocycles. The third kappa shape index (κ3) is 2.49. The number of aryl methyl sites for hydroxylation is 1. The monoisotopic (exact) mass is 328 g/mol. The maximum absolute atomic E-state index is 13.5. The molecule has 0 spiro atoms. The molecule has 2 aromatic carbocycles. The molecule has 0 saturated heterocycles. The summed E-state index contributed by atoms with van der Waals surface area (Å²) in [6.07, 6.45) is 2.11. The van der Waals surface area contributed by atoms with Gasteiger partial charge in [-0.3, -0.25) is 0 Å². The minimum atomic E-state index is -3.99.